The number of carbonyl (C=O) groups is 2. The van der Waals surface area contributed by atoms with Gasteiger partial charge in [-0.2, -0.15) is 4.31 Å². The summed E-state index contributed by atoms with van der Waals surface area (Å²) in [5, 5.41) is 9.59. The third-order valence-corrected chi connectivity index (χ3v) is 8.03. The lowest BCUT2D eigenvalue weighted by molar-refractivity contribution is -0.138. The van der Waals surface area contributed by atoms with Gasteiger partial charge in [0.25, 0.3) is 0 Å². The Morgan fingerprint density at radius 1 is 1.06 bits per heavy atom. The molecule has 0 saturated carbocycles. The van der Waals surface area contributed by atoms with Gasteiger partial charge in [0.05, 0.1) is 18.0 Å². The van der Waals surface area contributed by atoms with Crippen LogP contribution in [0.1, 0.15) is 21.5 Å². The maximum absolute atomic E-state index is 13.4. The number of hydrogen-bond acceptors (Lipinski definition) is 6. The van der Waals surface area contributed by atoms with Crippen LogP contribution in [0.3, 0.4) is 0 Å². The standard InChI is InChI=1S/C25H24ClN3O6S/c26-19-8-6-18(7-9-19)25(35-20-10-4-17(5-11-20)23(28)30)14-29(15-25)36(33,34)21-3-1-2-16(12-21)13-22(27)24(31)32/h1-12,22H,13-15,27H2,(H2,28,30)(H,31,32)/t22-/m0/s1. The highest BCUT2D eigenvalue weighted by Gasteiger charge is 2.52. The summed E-state index contributed by atoms with van der Waals surface area (Å²) in [7, 11) is -3.90. The summed E-state index contributed by atoms with van der Waals surface area (Å²) < 4.78 is 34.3. The monoisotopic (exact) mass is 529 g/mol. The zero-order valence-corrected chi connectivity index (χ0v) is 20.6. The van der Waals surface area contributed by atoms with Crippen molar-refractivity contribution < 1.29 is 27.9 Å². The number of amides is 1. The van der Waals surface area contributed by atoms with Crippen molar-refractivity contribution in [2.45, 2.75) is 23.0 Å². The predicted octanol–water partition coefficient (Wildman–Crippen LogP) is 2.37. The van der Waals surface area contributed by atoms with E-state index in [1.54, 1.807) is 48.5 Å². The minimum atomic E-state index is -3.90. The minimum absolute atomic E-state index is 0.00217. The largest absolute Gasteiger partial charge is 0.480 e. The number of primary amides is 1. The Balaban J connectivity index is 1.60. The predicted molar refractivity (Wildman–Crippen MR) is 133 cm³/mol. The van der Waals surface area contributed by atoms with Gasteiger partial charge in [-0.05, 0) is 66.1 Å². The summed E-state index contributed by atoms with van der Waals surface area (Å²) in [6, 6.07) is 18.2. The van der Waals surface area contributed by atoms with Crippen LogP contribution in [-0.4, -0.2) is 48.8 Å². The normalized spacial score (nSPS) is 16.1. The molecule has 3 aromatic carbocycles. The first-order valence-electron chi connectivity index (χ1n) is 10.9. The van der Waals surface area contributed by atoms with Crippen LogP contribution in [0.5, 0.6) is 5.75 Å². The summed E-state index contributed by atoms with van der Waals surface area (Å²) in [5.74, 6) is -1.29. The van der Waals surface area contributed by atoms with E-state index in [9.17, 15) is 18.0 Å². The number of carboxylic acids is 1. The molecule has 0 radical (unpaired) electrons. The summed E-state index contributed by atoms with van der Waals surface area (Å²) in [4.78, 5) is 22.5. The summed E-state index contributed by atoms with van der Waals surface area (Å²) >= 11 is 6.05. The fraction of sp³-hybridized carbons (Fsp3) is 0.200. The summed E-state index contributed by atoms with van der Waals surface area (Å²) in [5.41, 5.74) is 11.5. The molecular formula is C25H24ClN3O6S. The van der Waals surface area contributed by atoms with Crippen molar-refractivity contribution in [1.29, 1.82) is 0 Å². The molecule has 1 saturated heterocycles. The highest BCUT2D eigenvalue weighted by atomic mass is 35.5. The third-order valence-electron chi connectivity index (χ3n) is 5.99. The second-order valence-corrected chi connectivity index (χ2v) is 10.9. The van der Waals surface area contributed by atoms with Crippen molar-refractivity contribution in [1.82, 2.24) is 4.31 Å². The Morgan fingerprint density at radius 3 is 2.28 bits per heavy atom. The number of nitrogens with zero attached hydrogens (tertiary/aromatic N) is 1. The topological polar surface area (TPSA) is 153 Å². The Morgan fingerprint density at radius 2 is 1.69 bits per heavy atom. The molecule has 11 heteroatoms. The van der Waals surface area contributed by atoms with E-state index in [0.717, 1.165) is 5.56 Å². The van der Waals surface area contributed by atoms with Gasteiger partial charge in [0.2, 0.25) is 15.9 Å². The number of halogens is 1. The molecule has 1 heterocycles. The first kappa shape index (κ1) is 25.6. The number of aliphatic carboxylic acids is 1. The number of hydrogen-bond donors (Lipinski definition) is 3. The van der Waals surface area contributed by atoms with Crippen LogP contribution in [0.2, 0.25) is 5.02 Å². The maximum atomic E-state index is 13.4. The molecule has 1 fully saturated rings. The average Bonchev–Trinajstić information content (AvgIpc) is 2.82. The van der Waals surface area contributed by atoms with Gasteiger partial charge in [-0.1, -0.05) is 35.9 Å². The summed E-state index contributed by atoms with van der Waals surface area (Å²) in [6.45, 7) is 0.0425. The Labute approximate surface area is 213 Å². The number of ether oxygens (including phenoxy) is 1. The second kappa shape index (κ2) is 9.90. The minimum Gasteiger partial charge on any atom is -0.480 e. The smallest absolute Gasteiger partial charge is 0.320 e. The molecule has 3 aromatic rings. The fourth-order valence-corrected chi connectivity index (χ4v) is 5.72. The zero-order valence-electron chi connectivity index (χ0n) is 19.0. The van der Waals surface area contributed by atoms with Gasteiger partial charge in [0.15, 0.2) is 5.60 Å². The summed E-state index contributed by atoms with van der Waals surface area (Å²) in [6.07, 6.45) is -0.00217. The zero-order chi connectivity index (χ0) is 26.1. The number of carboxylic acid groups (broad SMARTS) is 1. The van der Waals surface area contributed by atoms with Crippen LogP contribution in [-0.2, 0) is 26.8 Å². The van der Waals surface area contributed by atoms with E-state index in [-0.39, 0.29) is 24.4 Å². The van der Waals surface area contributed by atoms with Crippen molar-refractivity contribution in [3.63, 3.8) is 0 Å². The van der Waals surface area contributed by atoms with Gasteiger partial charge in [-0.25, -0.2) is 8.42 Å². The van der Waals surface area contributed by atoms with Crippen LogP contribution in [0.15, 0.2) is 77.7 Å². The molecule has 188 valence electrons. The molecule has 4 rings (SSSR count). The van der Waals surface area contributed by atoms with Crippen molar-refractivity contribution in [2.24, 2.45) is 11.5 Å². The highest BCUT2D eigenvalue weighted by Crippen LogP contribution is 2.40. The van der Waals surface area contributed by atoms with E-state index in [0.29, 0.717) is 21.9 Å². The lowest BCUT2D eigenvalue weighted by Gasteiger charge is -2.49. The molecule has 36 heavy (non-hydrogen) atoms. The molecule has 1 aliphatic rings. The second-order valence-electron chi connectivity index (χ2n) is 8.56. The number of benzene rings is 3. The van der Waals surface area contributed by atoms with Crippen LogP contribution >= 0.6 is 11.6 Å². The van der Waals surface area contributed by atoms with Gasteiger partial charge in [-0.15, -0.1) is 0 Å². The van der Waals surface area contributed by atoms with Crippen molar-refractivity contribution in [3.8, 4) is 5.75 Å². The Hall–Kier alpha value is -3.44. The molecule has 0 aromatic heterocycles. The quantitative estimate of drug-likeness (QED) is 0.384. The van der Waals surface area contributed by atoms with Crippen LogP contribution in [0.4, 0.5) is 0 Å². The SMILES string of the molecule is NC(=O)c1ccc(OC2(c3ccc(Cl)cc3)CN(S(=O)(=O)c3cccc(C[C@H](N)C(=O)O)c3)C2)cc1. The molecule has 0 spiro atoms. The first-order valence-corrected chi connectivity index (χ1v) is 12.7. The van der Waals surface area contributed by atoms with Crippen molar-refractivity contribution in [2.75, 3.05) is 13.1 Å². The van der Waals surface area contributed by atoms with Gasteiger partial charge >= 0.3 is 5.97 Å². The van der Waals surface area contributed by atoms with E-state index in [1.165, 1.54) is 28.6 Å². The van der Waals surface area contributed by atoms with Gasteiger partial charge in [0, 0.05) is 10.6 Å². The van der Waals surface area contributed by atoms with Crippen molar-refractivity contribution >= 4 is 33.5 Å². The molecule has 0 bridgehead atoms. The molecule has 9 nitrogen and oxygen atoms in total. The number of carbonyl (C=O) groups excluding carboxylic acids is 1. The van der Waals surface area contributed by atoms with Crippen molar-refractivity contribution in [3.05, 3.63) is 94.5 Å². The van der Waals surface area contributed by atoms with Gasteiger partial charge < -0.3 is 21.3 Å². The first-order chi connectivity index (χ1) is 17.0. The van der Waals surface area contributed by atoms with Crippen LogP contribution in [0.25, 0.3) is 0 Å². The number of nitrogens with two attached hydrogens (primary N) is 2. The van der Waals surface area contributed by atoms with E-state index in [4.69, 9.17) is 32.9 Å². The fourth-order valence-electron chi connectivity index (χ4n) is 3.99. The molecular weight excluding hydrogens is 506 g/mol. The molecule has 1 amide bonds. The molecule has 1 atom stereocenters. The van der Waals surface area contributed by atoms with Gasteiger partial charge in [-0.3, -0.25) is 9.59 Å². The molecule has 5 N–H and O–H groups in total. The Bertz CT molecular complexity index is 1390. The number of sulfonamides is 1. The molecule has 0 aliphatic carbocycles. The molecule has 0 unspecified atom stereocenters. The maximum Gasteiger partial charge on any atom is 0.320 e. The van der Waals surface area contributed by atoms with Crippen LogP contribution in [0, 0.1) is 0 Å². The lowest BCUT2D eigenvalue weighted by Crippen LogP contribution is -2.64. The number of rotatable bonds is 9. The molecule has 1 aliphatic heterocycles. The van der Waals surface area contributed by atoms with Gasteiger partial charge in [0.1, 0.15) is 11.8 Å². The average molecular weight is 530 g/mol. The van der Waals surface area contributed by atoms with E-state index >= 15 is 0 Å². The Kier molecular flexibility index (Phi) is 7.05. The van der Waals surface area contributed by atoms with Crippen LogP contribution < -0.4 is 16.2 Å². The lowest BCUT2D eigenvalue weighted by atomic mass is 9.87. The van der Waals surface area contributed by atoms with E-state index < -0.39 is 33.5 Å². The van der Waals surface area contributed by atoms with E-state index in [1.807, 2.05) is 0 Å². The highest BCUT2D eigenvalue weighted by molar-refractivity contribution is 7.89. The third kappa shape index (κ3) is 5.21. The van der Waals surface area contributed by atoms with E-state index in [2.05, 4.69) is 0 Å².